The lowest BCUT2D eigenvalue weighted by atomic mass is 10.1. The summed E-state index contributed by atoms with van der Waals surface area (Å²) in [4.78, 5) is 6.54. The third-order valence-electron chi connectivity index (χ3n) is 3.18. The fraction of sp³-hybridized carbons (Fsp3) is 0.188. The summed E-state index contributed by atoms with van der Waals surface area (Å²) >= 11 is 0. The molecule has 0 unspecified atom stereocenters. The number of hydrogen-bond acceptors (Lipinski definition) is 4. The van der Waals surface area contributed by atoms with E-state index in [0.29, 0.717) is 6.61 Å². The number of nitrogens with zero attached hydrogens (tertiary/aromatic N) is 2. The van der Waals surface area contributed by atoms with E-state index in [9.17, 15) is 0 Å². The van der Waals surface area contributed by atoms with Crippen molar-refractivity contribution in [1.29, 1.82) is 0 Å². The van der Waals surface area contributed by atoms with Crippen LogP contribution < -0.4 is 9.64 Å². The molecule has 4 nitrogen and oxygen atoms in total. The Hall–Kier alpha value is -2.33. The van der Waals surface area contributed by atoms with E-state index >= 15 is 0 Å². The Morgan fingerprint density at radius 3 is 2.95 bits per heavy atom. The number of benzene rings is 2. The molecule has 0 aromatic heterocycles. The van der Waals surface area contributed by atoms with E-state index in [1.54, 1.807) is 0 Å². The molecule has 1 N–H and O–H groups in total. The minimum absolute atomic E-state index is 0.0166. The number of para-hydroxylation sites is 1. The summed E-state index contributed by atoms with van der Waals surface area (Å²) in [7, 11) is 0. The summed E-state index contributed by atoms with van der Waals surface area (Å²) in [6, 6.07) is 15.9. The van der Waals surface area contributed by atoms with Crippen LogP contribution in [0.1, 0.15) is 5.56 Å². The Morgan fingerprint density at radius 1 is 1.15 bits per heavy atom. The van der Waals surface area contributed by atoms with Crippen molar-refractivity contribution in [3.8, 4) is 5.75 Å². The van der Waals surface area contributed by atoms with E-state index in [1.165, 1.54) is 5.56 Å². The van der Waals surface area contributed by atoms with Crippen LogP contribution in [-0.2, 0) is 6.54 Å². The third-order valence-corrected chi connectivity index (χ3v) is 3.18. The van der Waals surface area contributed by atoms with Gasteiger partial charge < -0.3 is 14.7 Å². The van der Waals surface area contributed by atoms with Gasteiger partial charge in [-0.2, -0.15) is 0 Å². The number of aliphatic hydroxyl groups excluding tert-OH is 1. The number of aliphatic hydroxyl groups is 1. The molecule has 0 fully saturated rings. The molecule has 3 rings (SSSR count). The molecule has 0 atom stereocenters. The first-order valence-electron chi connectivity index (χ1n) is 6.59. The highest BCUT2D eigenvalue weighted by Crippen LogP contribution is 2.28. The average Bonchev–Trinajstić information content (AvgIpc) is 2.53. The van der Waals surface area contributed by atoms with Gasteiger partial charge in [-0.3, -0.25) is 0 Å². The van der Waals surface area contributed by atoms with Gasteiger partial charge in [-0.25, -0.2) is 4.99 Å². The molecule has 2 aromatic rings. The number of aliphatic imine (C=N–C) groups is 1. The van der Waals surface area contributed by atoms with E-state index in [-0.39, 0.29) is 6.61 Å². The normalized spacial score (nSPS) is 13.2. The predicted molar refractivity (Wildman–Crippen MR) is 79.8 cm³/mol. The van der Waals surface area contributed by atoms with Gasteiger partial charge in [-0.05, 0) is 23.8 Å². The summed E-state index contributed by atoms with van der Waals surface area (Å²) in [5, 5.41) is 8.80. The van der Waals surface area contributed by atoms with Crippen molar-refractivity contribution in [1.82, 2.24) is 0 Å². The van der Waals surface area contributed by atoms with Gasteiger partial charge in [0.05, 0.1) is 25.2 Å². The van der Waals surface area contributed by atoms with Gasteiger partial charge in [0.2, 0.25) is 0 Å². The molecule has 1 aliphatic heterocycles. The second-order valence-electron chi connectivity index (χ2n) is 4.57. The number of hydrogen-bond donors (Lipinski definition) is 1. The van der Waals surface area contributed by atoms with E-state index in [4.69, 9.17) is 9.84 Å². The minimum atomic E-state index is 0.0166. The quantitative estimate of drug-likeness (QED) is 0.927. The molecule has 0 saturated heterocycles. The van der Waals surface area contributed by atoms with Crippen molar-refractivity contribution >= 4 is 17.7 Å². The highest BCUT2D eigenvalue weighted by atomic mass is 16.5. The Balaban J connectivity index is 1.81. The Labute approximate surface area is 118 Å². The van der Waals surface area contributed by atoms with Crippen LogP contribution in [0.25, 0.3) is 0 Å². The molecule has 0 saturated carbocycles. The zero-order valence-electron chi connectivity index (χ0n) is 11.1. The molecule has 102 valence electrons. The summed E-state index contributed by atoms with van der Waals surface area (Å²) in [6.45, 7) is 1.12. The maximum Gasteiger partial charge on any atom is 0.121 e. The lowest BCUT2D eigenvalue weighted by Crippen LogP contribution is -2.23. The molecule has 0 aliphatic carbocycles. The van der Waals surface area contributed by atoms with Gasteiger partial charge in [0.1, 0.15) is 12.4 Å². The second-order valence-corrected chi connectivity index (χ2v) is 4.57. The van der Waals surface area contributed by atoms with Gasteiger partial charge in [0.15, 0.2) is 0 Å². The van der Waals surface area contributed by atoms with Crippen molar-refractivity contribution in [2.24, 2.45) is 4.99 Å². The highest BCUT2D eigenvalue weighted by Gasteiger charge is 2.13. The van der Waals surface area contributed by atoms with E-state index in [0.717, 1.165) is 23.7 Å². The zero-order valence-corrected chi connectivity index (χ0v) is 11.1. The second kappa shape index (κ2) is 5.75. The maximum absolute atomic E-state index is 8.80. The SMILES string of the molecule is OCCOc1cccc(N2C=Nc3ccccc3C2)c1. The lowest BCUT2D eigenvalue weighted by molar-refractivity contribution is 0.201. The van der Waals surface area contributed by atoms with Gasteiger partial charge >= 0.3 is 0 Å². The van der Waals surface area contributed by atoms with Gasteiger partial charge in [-0.1, -0.05) is 24.3 Å². The Kier molecular flexibility index (Phi) is 3.65. The molecular formula is C16H16N2O2. The highest BCUT2D eigenvalue weighted by molar-refractivity contribution is 5.84. The van der Waals surface area contributed by atoms with Crippen LogP contribution in [0.15, 0.2) is 53.5 Å². The fourth-order valence-electron chi connectivity index (χ4n) is 2.20. The summed E-state index contributed by atoms with van der Waals surface area (Å²) in [5.41, 5.74) is 3.26. The number of ether oxygens (including phenoxy) is 1. The smallest absolute Gasteiger partial charge is 0.121 e. The number of fused-ring (bicyclic) bond motifs is 1. The van der Waals surface area contributed by atoms with E-state index in [1.807, 2.05) is 48.8 Å². The van der Waals surface area contributed by atoms with Crippen LogP contribution in [0.5, 0.6) is 5.75 Å². The van der Waals surface area contributed by atoms with Crippen LogP contribution in [0.2, 0.25) is 0 Å². The molecule has 0 spiro atoms. The van der Waals surface area contributed by atoms with Crippen LogP contribution in [0, 0.1) is 0 Å². The standard InChI is InChI=1S/C16H16N2O2/c19-8-9-20-15-6-3-5-14(10-15)18-11-13-4-1-2-7-16(13)17-12-18/h1-7,10,12,19H,8-9,11H2. The van der Waals surface area contributed by atoms with Crippen molar-refractivity contribution in [2.45, 2.75) is 6.54 Å². The lowest BCUT2D eigenvalue weighted by Gasteiger charge is -2.24. The van der Waals surface area contributed by atoms with Crippen LogP contribution in [0.4, 0.5) is 11.4 Å². The van der Waals surface area contributed by atoms with E-state index < -0.39 is 0 Å². The maximum atomic E-state index is 8.80. The Bertz CT molecular complexity index is 625. The molecule has 20 heavy (non-hydrogen) atoms. The van der Waals surface area contributed by atoms with Crippen molar-refractivity contribution in [2.75, 3.05) is 18.1 Å². The molecular weight excluding hydrogens is 252 g/mol. The van der Waals surface area contributed by atoms with Gasteiger partial charge in [0, 0.05) is 11.8 Å². The summed E-state index contributed by atoms with van der Waals surface area (Å²) in [6.07, 6.45) is 1.84. The fourth-order valence-corrected chi connectivity index (χ4v) is 2.20. The van der Waals surface area contributed by atoms with Crippen LogP contribution in [0.3, 0.4) is 0 Å². The van der Waals surface area contributed by atoms with Gasteiger partial charge in [0.25, 0.3) is 0 Å². The predicted octanol–water partition coefficient (Wildman–Crippen LogP) is 2.74. The molecule has 2 aromatic carbocycles. The first-order chi connectivity index (χ1) is 9.86. The first kappa shape index (κ1) is 12.7. The number of anilines is 1. The zero-order chi connectivity index (χ0) is 13.8. The van der Waals surface area contributed by atoms with Crippen molar-refractivity contribution < 1.29 is 9.84 Å². The van der Waals surface area contributed by atoms with E-state index in [2.05, 4.69) is 16.0 Å². The van der Waals surface area contributed by atoms with Gasteiger partial charge in [-0.15, -0.1) is 0 Å². The minimum Gasteiger partial charge on any atom is -0.491 e. The molecule has 1 aliphatic rings. The third kappa shape index (κ3) is 2.65. The van der Waals surface area contributed by atoms with Crippen LogP contribution in [-0.4, -0.2) is 24.7 Å². The molecule has 0 amide bonds. The molecule has 0 bridgehead atoms. The summed E-state index contributed by atoms with van der Waals surface area (Å²) in [5.74, 6) is 0.754. The monoisotopic (exact) mass is 268 g/mol. The Morgan fingerprint density at radius 2 is 2.05 bits per heavy atom. The van der Waals surface area contributed by atoms with Crippen LogP contribution >= 0.6 is 0 Å². The number of rotatable bonds is 4. The summed E-state index contributed by atoms with van der Waals surface area (Å²) < 4.78 is 5.43. The largest absolute Gasteiger partial charge is 0.491 e. The topological polar surface area (TPSA) is 45.1 Å². The molecule has 0 radical (unpaired) electrons. The molecule has 4 heteroatoms. The average molecular weight is 268 g/mol. The van der Waals surface area contributed by atoms with Crippen molar-refractivity contribution in [3.63, 3.8) is 0 Å². The molecule has 1 heterocycles. The first-order valence-corrected chi connectivity index (χ1v) is 6.59. The van der Waals surface area contributed by atoms with Crippen molar-refractivity contribution in [3.05, 3.63) is 54.1 Å².